The number of nitrogens with zero attached hydrogens (tertiary/aromatic N) is 2. The van der Waals surface area contributed by atoms with Gasteiger partial charge >= 0.3 is 0 Å². The number of hydrogen-bond acceptors (Lipinski definition) is 2. The zero-order chi connectivity index (χ0) is 16.7. The third-order valence-electron chi connectivity index (χ3n) is 4.27. The molecular weight excluding hydrogens is 304 g/mol. The Bertz CT molecular complexity index is 582. The van der Waals surface area contributed by atoms with Gasteiger partial charge in [0.2, 0.25) is 5.91 Å². The van der Waals surface area contributed by atoms with Crippen molar-refractivity contribution in [1.29, 1.82) is 0 Å². The second-order valence-corrected chi connectivity index (χ2v) is 7.19. The minimum atomic E-state index is 0.158. The summed E-state index contributed by atoms with van der Waals surface area (Å²) in [5.74, 6) is 0.466. The van der Waals surface area contributed by atoms with Crippen molar-refractivity contribution in [2.45, 2.75) is 52.6 Å². The van der Waals surface area contributed by atoms with Crippen LogP contribution in [-0.2, 0) is 24.9 Å². The van der Waals surface area contributed by atoms with Gasteiger partial charge in [-0.1, -0.05) is 32.8 Å². The summed E-state index contributed by atoms with van der Waals surface area (Å²) in [5, 5.41) is 2.08. The fourth-order valence-corrected chi connectivity index (χ4v) is 3.72. The summed E-state index contributed by atoms with van der Waals surface area (Å²) >= 11 is 1.72. The SMILES string of the molecule is CCCC(CCC)C(=O)N(Cc1cccs1)Cc1cccn1C. The van der Waals surface area contributed by atoms with Crippen molar-refractivity contribution in [2.75, 3.05) is 0 Å². The lowest BCUT2D eigenvalue weighted by Crippen LogP contribution is -2.35. The van der Waals surface area contributed by atoms with Crippen molar-refractivity contribution >= 4 is 17.2 Å². The van der Waals surface area contributed by atoms with Gasteiger partial charge in [0, 0.05) is 29.7 Å². The van der Waals surface area contributed by atoms with Crippen molar-refractivity contribution < 1.29 is 4.79 Å². The van der Waals surface area contributed by atoms with Crippen molar-refractivity contribution in [1.82, 2.24) is 9.47 Å². The predicted octanol–water partition coefficient (Wildman–Crippen LogP) is 4.83. The minimum Gasteiger partial charge on any atom is -0.353 e. The van der Waals surface area contributed by atoms with Crippen LogP contribution in [0.1, 0.15) is 50.1 Å². The van der Waals surface area contributed by atoms with E-state index in [0.717, 1.165) is 25.7 Å². The first kappa shape index (κ1) is 17.8. The lowest BCUT2D eigenvalue weighted by molar-refractivity contribution is -0.137. The first-order chi connectivity index (χ1) is 11.2. The fourth-order valence-electron chi connectivity index (χ4n) is 3.01. The van der Waals surface area contributed by atoms with E-state index in [4.69, 9.17) is 0 Å². The molecule has 2 aromatic heterocycles. The molecule has 4 heteroatoms. The minimum absolute atomic E-state index is 0.158. The Kier molecular flexibility index (Phi) is 6.90. The van der Waals surface area contributed by atoms with Crippen LogP contribution < -0.4 is 0 Å². The molecule has 0 radical (unpaired) electrons. The molecule has 0 aliphatic heterocycles. The molecule has 0 unspecified atom stereocenters. The number of rotatable bonds is 9. The molecule has 3 nitrogen and oxygen atoms in total. The van der Waals surface area contributed by atoms with Gasteiger partial charge in [0.15, 0.2) is 0 Å². The number of aromatic nitrogens is 1. The topological polar surface area (TPSA) is 25.2 Å². The summed E-state index contributed by atoms with van der Waals surface area (Å²) in [6, 6.07) is 8.31. The molecule has 2 rings (SSSR count). The van der Waals surface area contributed by atoms with Gasteiger partial charge in [0.05, 0.1) is 13.1 Å². The highest BCUT2D eigenvalue weighted by Crippen LogP contribution is 2.21. The van der Waals surface area contributed by atoms with Crippen LogP contribution in [0.15, 0.2) is 35.8 Å². The van der Waals surface area contributed by atoms with E-state index in [0.29, 0.717) is 19.0 Å². The Hall–Kier alpha value is -1.55. The van der Waals surface area contributed by atoms with Crippen LogP contribution in [0.2, 0.25) is 0 Å². The van der Waals surface area contributed by atoms with E-state index in [1.807, 2.05) is 24.2 Å². The van der Waals surface area contributed by atoms with Crippen LogP contribution in [0.25, 0.3) is 0 Å². The highest BCUT2D eigenvalue weighted by atomic mass is 32.1. The van der Waals surface area contributed by atoms with E-state index in [1.165, 1.54) is 10.6 Å². The molecular formula is C19H28N2OS. The Morgan fingerprint density at radius 2 is 1.91 bits per heavy atom. The molecule has 23 heavy (non-hydrogen) atoms. The van der Waals surface area contributed by atoms with Gasteiger partial charge < -0.3 is 9.47 Å². The summed E-state index contributed by atoms with van der Waals surface area (Å²) in [7, 11) is 2.04. The quantitative estimate of drug-likeness (QED) is 0.645. The number of thiophene rings is 1. The Balaban J connectivity index is 2.17. The van der Waals surface area contributed by atoms with E-state index in [9.17, 15) is 4.79 Å². The molecule has 0 aromatic carbocycles. The van der Waals surface area contributed by atoms with Crippen molar-refractivity contribution in [3.8, 4) is 0 Å². The van der Waals surface area contributed by atoms with Gasteiger partial charge in [-0.2, -0.15) is 0 Å². The molecule has 2 heterocycles. The van der Waals surface area contributed by atoms with Gasteiger partial charge in [0.1, 0.15) is 0 Å². The Morgan fingerprint density at radius 3 is 2.43 bits per heavy atom. The zero-order valence-corrected chi connectivity index (χ0v) is 15.3. The maximum absolute atomic E-state index is 13.1. The molecule has 0 spiro atoms. The van der Waals surface area contributed by atoms with E-state index < -0.39 is 0 Å². The first-order valence-electron chi connectivity index (χ1n) is 8.57. The van der Waals surface area contributed by atoms with Crippen LogP contribution in [0.5, 0.6) is 0 Å². The van der Waals surface area contributed by atoms with Crippen LogP contribution in [0, 0.1) is 5.92 Å². The summed E-state index contributed by atoms with van der Waals surface area (Å²) in [6.45, 7) is 5.73. The third kappa shape index (κ3) is 4.96. The third-order valence-corrected chi connectivity index (χ3v) is 5.13. The number of amides is 1. The van der Waals surface area contributed by atoms with Gasteiger partial charge in [0.25, 0.3) is 0 Å². The summed E-state index contributed by atoms with van der Waals surface area (Å²) < 4.78 is 2.10. The molecule has 0 saturated carbocycles. The van der Waals surface area contributed by atoms with E-state index in [-0.39, 0.29) is 5.92 Å². The highest BCUT2D eigenvalue weighted by molar-refractivity contribution is 7.09. The predicted molar refractivity (Wildman–Crippen MR) is 97.3 cm³/mol. The van der Waals surface area contributed by atoms with Gasteiger partial charge in [-0.25, -0.2) is 0 Å². The second-order valence-electron chi connectivity index (χ2n) is 6.16. The van der Waals surface area contributed by atoms with Crippen LogP contribution in [0.4, 0.5) is 0 Å². The molecule has 0 aliphatic rings. The summed E-state index contributed by atoms with van der Waals surface area (Å²) in [6.07, 6.45) is 6.14. The average Bonchev–Trinajstić information content (AvgIpc) is 3.18. The van der Waals surface area contributed by atoms with Gasteiger partial charge in [-0.3, -0.25) is 4.79 Å². The van der Waals surface area contributed by atoms with E-state index in [1.54, 1.807) is 11.3 Å². The maximum Gasteiger partial charge on any atom is 0.226 e. The Morgan fingerprint density at radius 1 is 1.17 bits per heavy atom. The molecule has 1 amide bonds. The van der Waals surface area contributed by atoms with Crippen LogP contribution >= 0.6 is 11.3 Å². The summed E-state index contributed by atoms with van der Waals surface area (Å²) in [5.41, 5.74) is 1.18. The standard InChI is InChI=1S/C19H28N2OS/c1-4-8-16(9-5-2)19(22)21(15-18-11-7-13-23-18)14-17-10-6-12-20(17)3/h6-7,10-13,16H,4-5,8-9,14-15H2,1-3H3. The maximum atomic E-state index is 13.1. The lowest BCUT2D eigenvalue weighted by Gasteiger charge is -2.27. The Labute approximate surface area is 143 Å². The first-order valence-corrected chi connectivity index (χ1v) is 9.45. The van der Waals surface area contributed by atoms with Crippen LogP contribution in [-0.4, -0.2) is 15.4 Å². The average molecular weight is 333 g/mol. The number of carbonyl (C=O) groups is 1. The molecule has 126 valence electrons. The number of aryl methyl sites for hydroxylation is 1. The largest absolute Gasteiger partial charge is 0.353 e. The van der Waals surface area contributed by atoms with Crippen LogP contribution in [0.3, 0.4) is 0 Å². The van der Waals surface area contributed by atoms with E-state index >= 15 is 0 Å². The monoisotopic (exact) mass is 332 g/mol. The summed E-state index contributed by atoms with van der Waals surface area (Å²) in [4.78, 5) is 16.4. The van der Waals surface area contributed by atoms with E-state index in [2.05, 4.69) is 42.0 Å². The highest BCUT2D eigenvalue weighted by Gasteiger charge is 2.24. The molecule has 0 aliphatic carbocycles. The van der Waals surface area contributed by atoms with Gasteiger partial charge in [-0.15, -0.1) is 11.3 Å². The molecule has 0 bridgehead atoms. The van der Waals surface area contributed by atoms with Crippen molar-refractivity contribution in [2.24, 2.45) is 13.0 Å². The smallest absolute Gasteiger partial charge is 0.226 e. The fraction of sp³-hybridized carbons (Fsp3) is 0.526. The molecule has 0 N–H and O–H groups in total. The van der Waals surface area contributed by atoms with Crippen molar-refractivity contribution in [3.05, 3.63) is 46.4 Å². The number of carbonyl (C=O) groups excluding carboxylic acids is 1. The molecule has 2 aromatic rings. The molecule has 0 fully saturated rings. The second kappa shape index (κ2) is 8.92. The molecule has 0 saturated heterocycles. The normalized spacial score (nSPS) is 11.1. The lowest BCUT2D eigenvalue weighted by atomic mass is 9.96. The molecule has 0 atom stereocenters. The van der Waals surface area contributed by atoms with Gasteiger partial charge in [-0.05, 0) is 36.4 Å². The zero-order valence-electron chi connectivity index (χ0n) is 14.5. The van der Waals surface area contributed by atoms with Crippen molar-refractivity contribution in [3.63, 3.8) is 0 Å². The number of hydrogen-bond donors (Lipinski definition) is 0.